The summed E-state index contributed by atoms with van der Waals surface area (Å²) in [5.41, 5.74) is 0.321. The lowest BCUT2D eigenvalue weighted by atomic mass is 9.71. The van der Waals surface area contributed by atoms with E-state index in [1.54, 1.807) is 12.1 Å². The molecule has 0 N–H and O–H groups in total. The smallest absolute Gasteiger partial charge is 0.289 e. The van der Waals surface area contributed by atoms with Crippen molar-refractivity contribution < 1.29 is 9.21 Å². The lowest BCUT2D eigenvalue weighted by molar-refractivity contribution is 0.0729. The van der Waals surface area contributed by atoms with E-state index in [1.807, 2.05) is 4.90 Å². The van der Waals surface area contributed by atoms with E-state index in [0.29, 0.717) is 5.76 Å². The van der Waals surface area contributed by atoms with Gasteiger partial charge >= 0.3 is 0 Å². The van der Waals surface area contributed by atoms with Crippen molar-refractivity contribution in [2.75, 3.05) is 33.2 Å². The second kappa shape index (κ2) is 4.00. The zero-order valence-electron chi connectivity index (χ0n) is 11.6. The van der Waals surface area contributed by atoms with Gasteiger partial charge in [0.15, 0.2) is 11.0 Å². The summed E-state index contributed by atoms with van der Waals surface area (Å²) in [4.78, 5) is 16.7. The van der Waals surface area contributed by atoms with Crippen LogP contribution < -0.4 is 0 Å². The summed E-state index contributed by atoms with van der Waals surface area (Å²) < 4.78 is 5.23. The second-order valence-electron chi connectivity index (χ2n) is 6.56. The zero-order valence-corrected chi connectivity index (χ0v) is 12.3. The first-order valence-corrected chi connectivity index (χ1v) is 6.94. The van der Waals surface area contributed by atoms with Crippen molar-refractivity contribution in [3.63, 3.8) is 0 Å². The van der Waals surface area contributed by atoms with Crippen LogP contribution >= 0.6 is 11.6 Å². The highest BCUT2D eigenvalue weighted by Gasteiger charge is 2.57. The SMILES string of the molecule is CN1CC2(C)CN(C(=O)c3ccc(Cl)o3)CC2(C)C1. The average molecular weight is 283 g/mol. The van der Waals surface area contributed by atoms with Gasteiger partial charge in [0, 0.05) is 37.0 Å². The van der Waals surface area contributed by atoms with Gasteiger partial charge in [0.25, 0.3) is 5.91 Å². The number of halogens is 1. The number of rotatable bonds is 1. The quantitative estimate of drug-likeness (QED) is 0.793. The van der Waals surface area contributed by atoms with Gasteiger partial charge in [0.1, 0.15) is 0 Å². The van der Waals surface area contributed by atoms with Crippen LogP contribution in [0.5, 0.6) is 0 Å². The Hall–Kier alpha value is -1.00. The van der Waals surface area contributed by atoms with Gasteiger partial charge in [-0.15, -0.1) is 0 Å². The summed E-state index contributed by atoms with van der Waals surface area (Å²) in [7, 11) is 2.15. The second-order valence-corrected chi connectivity index (χ2v) is 6.93. The van der Waals surface area contributed by atoms with Crippen molar-refractivity contribution in [1.82, 2.24) is 9.80 Å². The lowest BCUT2D eigenvalue weighted by Crippen LogP contribution is -2.34. The minimum Gasteiger partial charge on any atom is -0.440 e. The Balaban J connectivity index is 1.82. The number of fused-ring (bicyclic) bond motifs is 1. The Morgan fingerprint density at radius 2 is 1.79 bits per heavy atom. The molecule has 0 aromatic carbocycles. The molecule has 19 heavy (non-hydrogen) atoms. The van der Waals surface area contributed by atoms with E-state index < -0.39 is 0 Å². The molecule has 1 aromatic heterocycles. The van der Waals surface area contributed by atoms with Crippen LogP contribution in [0.25, 0.3) is 0 Å². The maximum atomic E-state index is 12.4. The Bertz CT molecular complexity index is 509. The topological polar surface area (TPSA) is 36.7 Å². The van der Waals surface area contributed by atoms with Gasteiger partial charge in [-0.2, -0.15) is 0 Å². The summed E-state index contributed by atoms with van der Waals surface area (Å²) in [5, 5.41) is 0.264. The average Bonchev–Trinajstić information content (AvgIpc) is 2.86. The third-order valence-corrected chi connectivity index (χ3v) is 5.05. The number of hydrogen-bond acceptors (Lipinski definition) is 3. The highest BCUT2D eigenvalue weighted by molar-refractivity contribution is 6.29. The number of carbonyl (C=O) groups excluding carboxylic acids is 1. The molecule has 2 aliphatic rings. The molecule has 3 rings (SSSR count). The first-order chi connectivity index (χ1) is 8.83. The number of hydrogen-bond donors (Lipinski definition) is 0. The van der Waals surface area contributed by atoms with E-state index in [0.717, 1.165) is 26.2 Å². The first kappa shape index (κ1) is 13.0. The minimum absolute atomic E-state index is 0.0496. The van der Waals surface area contributed by atoms with Crippen LogP contribution in [0.4, 0.5) is 0 Å². The molecule has 0 saturated carbocycles. The van der Waals surface area contributed by atoms with E-state index in [1.165, 1.54) is 0 Å². The Morgan fingerprint density at radius 3 is 2.26 bits per heavy atom. The van der Waals surface area contributed by atoms with Gasteiger partial charge in [-0.3, -0.25) is 4.79 Å². The molecule has 2 saturated heterocycles. The predicted molar refractivity (Wildman–Crippen MR) is 73.3 cm³/mol. The van der Waals surface area contributed by atoms with Crippen LogP contribution in [0.3, 0.4) is 0 Å². The fourth-order valence-corrected chi connectivity index (χ4v) is 3.88. The number of nitrogens with zero attached hydrogens (tertiary/aromatic N) is 2. The standard InChI is InChI=1S/C14H19ClN2O2/c1-13-6-16(3)7-14(13,2)9-17(8-13)12(18)10-4-5-11(15)19-10/h4-5H,6-9H2,1-3H3. The van der Waals surface area contributed by atoms with Crippen LogP contribution in [-0.2, 0) is 0 Å². The van der Waals surface area contributed by atoms with Crippen LogP contribution in [0.2, 0.25) is 5.22 Å². The monoisotopic (exact) mass is 282 g/mol. The van der Waals surface area contributed by atoms with Crippen molar-refractivity contribution in [2.24, 2.45) is 10.8 Å². The van der Waals surface area contributed by atoms with Gasteiger partial charge < -0.3 is 14.2 Å². The summed E-state index contributed by atoms with van der Waals surface area (Å²) in [6.07, 6.45) is 0. The third kappa shape index (κ3) is 1.89. The van der Waals surface area contributed by atoms with Gasteiger partial charge in [-0.05, 0) is 30.8 Å². The van der Waals surface area contributed by atoms with E-state index in [-0.39, 0.29) is 22.0 Å². The van der Waals surface area contributed by atoms with E-state index in [4.69, 9.17) is 16.0 Å². The summed E-state index contributed by atoms with van der Waals surface area (Å²) >= 11 is 5.74. The van der Waals surface area contributed by atoms with Crippen LogP contribution in [-0.4, -0.2) is 48.9 Å². The molecular weight excluding hydrogens is 264 g/mol. The van der Waals surface area contributed by atoms with Crippen LogP contribution in [0.15, 0.2) is 16.5 Å². The van der Waals surface area contributed by atoms with Crippen molar-refractivity contribution >= 4 is 17.5 Å². The molecule has 3 heterocycles. The largest absolute Gasteiger partial charge is 0.440 e. The van der Waals surface area contributed by atoms with E-state index >= 15 is 0 Å². The molecule has 5 heteroatoms. The molecule has 104 valence electrons. The highest BCUT2D eigenvalue weighted by atomic mass is 35.5. The Kier molecular flexibility index (Phi) is 2.74. The Labute approximate surface area is 118 Å². The number of carbonyl (C=O) groups is 1. The molecule has 0 bridgehead atoms. The normalized spacial score (nSPS) is 34.8. The van der Waals surface area contributed by atoms with Crippen molar-refractivity contribution in [3.05, 3.63) is 23.1 Å². The molecule has 0 aliphatic carbocycles. The van der Waals surface area contributed by atoms with E-state index in [2.05, 4.69) is 25.8 Å². The van der Waals surface area contributed by atoms with E-state index in [9.17, 15) is 4.79 Å². The van der Waals surface area contributed by atoms with Crippen molar-refractivity contribution in [2.45, 2.75) is 13.8 Å². The molecule has 2 aliphatic heterocycles. The maximum absolute atomic E-state index is 12.4. The number of likely N-dealkylation sites (tertiary alicyclic amines) is 2. The van der Waals surface area contributed by atoms with Gasteiger partial charge in [0.2, 0.25) is 0 Å². The molecular formula is C14H19ClN2O2. The van der Waals surface area contributed by atoms with Gasteiger partial charge in [-0.1, -0.05) is 13.8 Å². The molecule has 1 aromatic rings. The number of furan rings is 1. The predicted octanol–water partition coefficient (Wildman–Crippen LogP) is 2.35. The number of amides is 1. The van der Waals surface area contributed by atoms with Crippen molar-refractivity contribution in [3.8, 4) is 0 Å². The highest BCUT2D eigenvalue weighted by Crippen LogP contribution is 2.51. The van der Waals surface area contributed by atoms with Crippen LogP contribution in [0.1, 0.15) is 24.4 Å². The molecule has 0 spiro atoms. The summed E-state index contributed by atoms with van der Waals surface area (Å²) in [5.74, 6) is 0.289. The first-order valence-electron chi connectivity index (χ1n) is 6.56. The molecule has 2 fully saturated rings. The molecule has 2 unspecified atom stereocenters. The Morgan fingerprint density at radius 1 is 1.21 bits per heavy atom. The zero-order chi connectivity index (χ0) is 13.8. The van der Waals surface area contributed by atoms with Crippen molar-refractivity contribution in [1.29, 1.82) is 0 Å². The molecule has 4 nitrogen and oxygen atoms in total. The van der Waals surface area contributed by atoms with Crippen LogP contribution in [0, 0.1) is 10.8 Å². The fraction of sp³-hybridized carbons (Fsp3) is 0.643. The fourth-order valence-electron chi connectivity index (χ4n) is 3.74. The minimum atomic E-state index is -0.0496. The summed E-state index contributed by atoms with van der Waals surface area (Å²) in [6, 6.07) is 3.26. The maximum Gasteiger partial charge on any atom is 0.289 e. The summed E-state index contributed by atoms with van der Waals surface area (Å²) in [6.45, 7) is 8.19. The molecule has 2 atom stereocenters. The third-order valence-electron chi connectivity index (χ3n) is 4.85. The molecule has 0 radical (unpaired) electrons. The van der Waals surface area contributed by atoms with Gasteiger partial charge in [-0.25, -0.2) is 0 Å². The van der Waals surface area contributed by atoms with Gasteiger partial charge in [0.05, 0.1) is 0 Å². The lowest BCUT2D eigenvalue weighted by Gasteiger charge is -2.30. The molecule has 1 amide bonds.